The van der Waals surface area contributed by atoms with Gasteiger partial charge in [0, 0.05) is 6.08 Å². The van der Waals surface area contributed by atoms with Crippen LogP contribution < -0.4 is 0 Å². The number of nitriles is 1. The van der Waals surface area contributed by atoms with Gasteiger partial charge in [0.1, 0.15) is 0 Å². The summed E-state index contributed by atoms with van der Waals surface area (Å²) in [7, 11) is 0. The standard InChI is InChI=1S/C22H31N/c1-2-3-5-8-19-10-14-21(15-11-19)22-16-12-20(13-17-22)9-6-4-7-18-23/h4,7,10-11,14-15,20,22H,2-3,5-6,8-9,12-13,16-17H2,1H3/b7-4+. The minimum atomic E-state index is 0.769. The number of rotatable bonds is 8. The van der Waals surface area contributed by atoms with Gasteiger partial charge in [0.15, 0.2) is 0 Å². The molecule has 0 N–H and O–H groups in total. The molecule has 1 nitrogen and oxygen atoms in total. The number of hydrogen-bond donors (Lipinski definition) is 0. The van der Waals surface area contributed by atoms with Crippen molar-refractivity contribution in [3.05, 3.63) is 47.5 Å². The van der Waals surface area contributed by atoms with Crippen molar-refractivity contribution >= 4 is 0 Å². The lowest BCUT2D eigenvalue weighted by Crippen LogP contribution is -2.13. The molecule has 1 aromatic carbocycles. The number of nitrogens with zero attached hydrogens (tertiary/aromatic N) is 1. The fraction of sp³-hybridized carbons (Fsp3) is 0.591. The number of allylic oxidation sites excluding steroid dienone is 2. The van der Waals surface area contributed by atoms with Gasteiger partial charge in [-0.3, -0.25) is 0 Å². The largest absolute Gasteiger partial charge is 0.193 e. The summed E-state index contributed by atoms with van der Waals surface area (Å²) in [6.45, 7) is 2.26. The zero-order valence-corrected chi connectivity index (χ0v) is 14.6. The van der Waals surface area contributed by atoms with Gasteiger partial charge in [-0.15, -0.1) is 0 Å². The highest BCUT2D eigenvalue weighted by Gasteiger charge is 2.21. The fourth-order valence-corrected chi connectivity index (χ4v) is 3.79. The molecule has 1 aliphatic rings. The summed E-state index contributed by atoms with van der Waals surface area (Å²) in [6, 6.07) is 11.5. The molecule has 1 aromatic rings. The third-order valence-corrected chi connectivity index (χ3v) is 5.30. The summed E-state index contributed by atoms with van der Waals surface area (Å²) in [4.78, 5) is 0. The quantitative estimate of drug-likeness (QED) is 0.394. The van der Waals surface area contributed by atoms with Gasteiger partial charge in [-0.1, -0.05) is 50.1 Å². The zero-order valence-electron chi connectivity index (χ0n) is 14.6. The second kappa shape index (κ2) is 10.3. The Morgan fingerprint density at radius 3 is 2.48 bits per heavy atom. The van der Waals surface area contributed by atoms with Gasteiger partial charge in [-0.25, -0.2) is 0 Å². The van der Waals surface area contributed by atoms with E-state index in [0.717, 1.165) is 18.3 Å². The Balaban J connectivity index is 1.74. The SMILES string of the molecule is CCCCCc1ccc(C2CCC(CC/C=C/C#N)CC2)cc1. The summed E-state index contributed by atoms with van der Waals surface area (Å²) < 4.78 is 0. The van der Waals surface area contributed by atoms with Crippen LogP contribution in [0.15, 0.2) is 36.4 Å². The first-order valence-corrected chi connectivity index (χ1v) is 9.47. The summed E-state index contributed by atoms with van der Waals surface area (Å²) >= 11 is 0. The Labute approximate surface area is 142 Å². The third kappa shape index (κ3) is 6.22. The van der Waals surface area contributed by atoms with Gasteiger partial charge < -0.3 is 0 Å². The maximum absolute atomic E-state index is 8.51. The minimum Gasteiger partial charge on any atom is -0.193 e. The van der Waals surface area contributed by atoms with Gasteiger partial charge in [0.2, 0.25) is 0 Å². The van der Waals surface area contributed by atoms with E-state index in [1.54, 1.807) is 11.6 Å². The average molecular weight is 309 g/mol. The predicted molar refractivity (Wildman–Crippen MR) is 98.4 cm³/mol. The van der Waals surface area contributed by atoms with E-state index in [4.69, 9.17) is 5.26 Å². The van der Waals surface area contributed by atoms with Gasteiger partial charge >= 0.3 is 0 Å². The molecule has 0 aliphatic heterocycles. The molecule has 0 saturated heterocycles. The molecule has 0 heterocycles. The molecule has 0 unspecified atom stereocenters. The Bertz CT molecular complexity index is 498. The van der Waals surface area contributed by atoms with Crippen LogP contribution >= 0.6 is 0 Å². The van der Waals surface area contributed by atoms with Crippen LogP contribution in [0.5, 0.6) is 0 Å². The van der Waals surface area contributed by atoms with E-state index >= 15 is 0 Å². The van der Waals surface area contributed by atoms with Crippen molar-refractivity contribution in [3.8, 4) is 6.07 Å². The van der Waals surface area contributed by atoms with E-state index in [1.165, 1.54) is 63.4 Å². The number of aryl methyl sites for hydroxylation is 1. The van der Waals surface area contributed by atoms with Gasteiger partial charge in [-0.05, 0) is 74.3 Å². The van der Waals surface area contributed by atoms with Crippen LogP contribution in [0.3, 0.4) is 0 Å². The Morgan fingerprint density at radius 1 is 1.09 bits per heavy atom. The molecular weight excluding hydrogens is 278 g/mol. The van der Waals surface area contributed by atoms with E-state index in [0.29, 0.717) is 0 Å². The first kappa shape index (κ1) is 17.8. The summed E-state index contributed by atoms with van der Waals surface area (Å²) in [5.41, 5.74) is 3.05. The van der Waals surface area contributed by atoms with Crippen LogP contribution in [0.25, 0.3) is 0 Å². The smallest absolute Gasteiger partial charge is 0.0908 e. The molecule has 1 aliphatic carbocycles. The van der Waals surface area contributed by atoms with Crippen molar-refractivity contribution in [2.45, 2.75) is 77.0 Å². The molecule has 0 radical (unpaired) electrons. The van der Waals surface area contributed by atoms with Crippen molar-refractivity contribution in [3.63, 3.8) is 0 Å². The topological polar surface area (TPSA) is 23.8 Å². The van der Waals surface area contributed by atoms with Crippen LogP contribution in [-0.2, 0) is 6.42 Å². The third-order valence-electron chi connectivity index (χ3n) is 5.30. The van der Waals surface area contributed by atoms with E-state index in [1.807, 2.05) is 6.08 Å². The fourth-order valence-electron chi connectivity index (χ4n) is 3.79. The van der Waals surface area contributed by atoms with Crippen molar-refractivity contribution in [1.29, 1.82) is 5.26 Å². The highest BCUT2D eigenvalue weighted by Crippen LogP contribution is 2.37. The van der Waals surface area contributed by atoms with E-state index in [9.17, 15) is 0 Å². The maximum Gasteiger partial charge on any atom is 0.0908 e. The number of hydrogen-bond acceptors (Lipinski definition) is 1. The van der Waals surface area contributed by atoms with Gasteiger partial charge in [0.05, 0.1) is 6.07 Å². The first-order chi connectivity index (χ1) is 11.3. The predicted octanol–water partition coefficient (Wildman–Crippen LogP) is 6.55. The van der Waals surface area contributed by atoms with Gasteiger partial charge in [0.25, 0.3) is 0 Å². The van der Waals surface area contributed by atoms with Crippen molar-refractivity contribution in [1.82, 2.24) is 0 Å². The molecule has 124 valence electrons. The second-order valence-corrected chi connectivity index (χ2v) is 7.03. The lowest BCUT2D eigenvalue weighted by molar-refractivity contribution is 0.312. The molecule has 1 heteroatoms. The summed E-state index contributed by atoms with van der Waals surface area (Å²) in [5.74, 6) is 1.63. The molecule has 0 bridgehead atoms. The highest BCUT2D eigenvalue weighted by molar-refractivity contribution is 5.26. The number of benzene rings is 1. The van der Waals surface area contributed by atoms with Gasteiger partial charge in [-0.2, -0.15) is 5.26 Å². The molecule has 0 atom stereocenters. The Kier molecular flexibility index (Phi) is 7.95. The van der Waals surface area contributed by atoms with Crippen molar-refractivity contribution in [2.24, 2.45) is 5.92 Å². The summed E-state index contributed by atoms with van der Waals surface area (Å²) in [6.07, 6.45) is 16.5. The van der Waals surface area contributed by atoms with Crippen molar-refractivity contribution < 1.29 is 0 Å². The van der Waals surface area contributed by atoms with Crippen molar-refractivity contribution in [2.75, 3.05) is 0 Å². The molecular formula is C22H31N. The average Bonchev–Trinajstić information content (AvgIpc) is 2.60. The molecule has 0 aromatic heterocycles. The van der Waals surface area contributed by atoms with Crippen LogP contribution in [-0.4, -0.2) is 0 Å². The van der Waals surface area contributed by atoms with Crippen LogP contribution in [0.4, 0.5) is 0 Å². The van der Waals surface area contributed by atoms with E-state index in [2.05, 4.69) is 37.3 Å². The number of unbranched alkanes of at least 4 members (excludes halogenated alkanes) is 2. The van der Waals surface area contributed by atoms with E-state index in [-0.39, 0.29) is 0 Å². The first-order valence-electron chi connectivity index (χ1n) is 9.47. The monoisotopic (exact) mass is 309 g/mol. The summed E-state index contributed by atoms with van der Waals surface area (Å²) in [5, 5.41) is 8.51. The molecule has 0 amide bonds. The Hall–Kier alpha value is -1.55. The molecule has 23 heavy (non-hydrogen) atoms. The normalized spacial score (nSPS) is 21.4. The minimum absolute atomic E-state index is 0.769. The zero-order chi connectivity index (χ0) is 16.3. The van der Waals surface area contributed by atoms with E-state index < -0.39 is 0 Å². The lowest BCUT2D eigenvalue weighted by atomic mass is 9.77. The highest BCUT2D eigenvalue weighted by atomic mass is 14.3. The van der Waals surface area contributed by atoms with Crippen LogP contribution in [0.2, 0.25) is 0 Å². The molecule has 2 rings (SSSR count). The molecule has 1 fully saturated rings. The van der Waals surface area contributed by atoms with Crippen LogP contribution in [0.1, 0.15) is 81.8 Å². The second-order valence-electron chi connectivity index (χ2n) is 7.03. The molecule has 0 spiro atoms. The lowest BCUT2D eigenvalue weighted by Gasteiger charge is -2.28. The molecule has 1 saturated carbocycles. The Morgan fingerprint density at radius 2 is 1.83 bits per heavy atom. The maximum atomic E-state index is 8.51. The van der Waals surface area contributed by atoms with Crippen LogP contribution in [0, 0.1) is 17.2 Å².